The molecule has 0 saturated heterocycles. The first-order valence-electron chi connectivity index (χ1n) is 8.28. The Bertz CT molecular complexity index is 991. The fourth-order valence-electron chi connectivity index (χ4n) is 2.56. The summed E-state index contributed by atoms with van der Waals surface area (Å²) < 4.78 is 5.11. The van der Waals surface area contributed by atoms with E-state index in [0.29, 0.717) is 22.4 Å². The summed E-state index contributed by atoms with van der Waals surface area (Å²) >= 11 is 6.09. The molecular weight excluding hydrogens is 364 g/mol. The third kappa shape index (κ3) is 4.54. The van der Waals surface area contributed by atoms with Gasteiger partial charge in [0.25, 0.3) is 5.91 Å². The van der Waals surface area contributed by atoms with Gasteiger partial charge in [-0.15, -0.1) is 0 Å². The Balaban J connectivity index is 1.76. The van der Waals surface area contributed by atoms with Gasteiger partial charge in [-0.3, -0.25) is 4.79 Å². The number of anilines is 3. The normalized spacial score (nSPS) is 10.4. The van der Waals surface area contributed by atoms with Crippen molar-refractivity contribution >= 4 is 34.8 Å². The molecule has 0 aliphatic rings. The molecule has 6 nitrogen and oxygen atoms in total. The highest BCUT2D eigenvalue weighted by atomic mass is 35.5. The van der Waals surface area contributed by atoms with Crippen molar-refractivity contribution in [2.45, 2.75) is 13.8 Å². The van der Waals surface area contributed by atoms with Crippen molar-refractivity contribution in [3.63, 3.8) is 0 Å². The van der Waals surface area contributed by atoms with Gasteiger partial charge in [-0.2, -0.15) is 0 Å². The number of halogens is 1. The topological polar surface area (TPSA) is 76.1 Å². The minimum absolute atomic E-state index is 0.240. The van der Waals surface area contributed by atoms with Gasteiger partial charge in [0.15, 0.2) is 0 Å². The Morgan fingerprint density at radius 1 is 1.11 bits per heavy atom. The number of carbonyl (C=O) groups excluding carboxylic acids is 1. The lowest BCUT2D eigenvalue weighted by Crippen LogP contribution is -2.15. The van der Waals surface area contributed by atoms with Crippen LogP contribution in [-0.2, 0) is 0 Å². The van der Waals surface area contributed by atoms with Crippen LogP contribution in [0.5, 0.6) is 5.75 Å². The van der Waals surface area contributed by atoms with Crippen LogP contribution < -0.4 is 15.4 Å². The zero-order valence-corrected chi connectivity index (χ0v) is 16.0. The van der Waals surface area contributed by atoms with Gasteiger partial charge in [0.2, 0.25) is 5.95 Å². The zero-order chi connectivity index (χ0) is 19.4. The Morgan fingerprint density at radius 3 is 2.63 bits per heavy atom. The molecule has 1 heterocycles. The minimum atomic E-state index is -0.359. The van der Waals surface area contributed by atoms with E-state index in [2.05, 4.69) is 26.7 Å². The second-order valence-corrected chi connectivity index (χ2v) is 6.42. The van der Waals surface area contributed by atoms with Crippen LogP contribution in [0.4, 0.5) is 17.3 Å². The van der Waals surface area contributed by atoms with Gasteiger partial charge in [-0.05, 0) is 49.7 Å². The molecule has 1 aromatic heterocycles. The molecule has 0 aliphatic heterocycles. The third-order valence-corrected chi connectivity index (χ3v) is 4.22. The standard InChI is InChI=1S/C20H19ClN4O2/c1-12-4-6-16(13(2)10-12)24-20-22-9-8-17(25-20)19(26)23-14-5-7-18(27-3)15(21)11-14/h4-11H,1-3H3,(H,23,26)(H,22,24,25). The molecule has 0 radical (unpaired) electrons. The minimum Gasteiger partial charge on any atom is -0.495 e. The van der Waals surface area contributed by atoms with Gasteiger partial charge in [0.05, 0.1) is 12.1 Å². The molecule has 3 rings (SSSR count). The van der Waals surface area contributed by atoms with Crippen molar-refractivity contribution in [2.24, 2.45) is 0 Å². The molecule has 0 aliphatic carbocycles. The van der Waals surface area contributed by atoms with E-state index in [1.807, 2.05) is 26.0 Å². The molecule has 0 saturated carbocycles. The number of hydrogen-bond acceptors (Lipinski definition) is 5. The van der Waals surface area contributed by atoms with E-state index < -0.39 is 0 Å². The van der Waals surface area contributed by atoms with Gasteiger partial charge in [-0.1, -0.05) is 29.3 Å². The number of amides is 1. The van der Waals surface area contributed by atoms with Crippen molar-refractivity contribution in [2.75, 3.05) is 17.7 Å². The Kier molecular flexibility index (Phi) is 5.57. The Labute approximate surface area is 162 Å². The molecule has 7 heteroatoms. The number of aryl methyl sites for hydroxylation is 2. The SMILES string of the molecule is COc1ccc(NC(=O)c2ccnc(Nc3ccc(C)cc3C)n2)cc1Cl. The van der Waals surface area contributed by atoms with Crippen LogP contribution in [0.15, 0.2) is 48.7 Å². The number of aromatic nitrogens is 2. The molecule has 0 atom stereocenters. The lowest BCUT2D eigenvalue weighted by Gasteiger charge is -2.10. The second kappa shape index (κ2) is 8.05. The smallest absolute Gasteiger partial charge is 0.274 e. The number of methoxy groups -OCH3 is 1. The van der Waals surface area contributed by atoms with Crippen molar-refractivity contribution in [3.8, 4) is 5.75 Å². The van der Waals surface area contributed by atoms with E-state index in [9.17, 15) is 4.79 Å². The lowest BCUT2D eigenvalue weighted by atomic mass is 10.1. The number of nitrogens with one attached hydrogen (secondary N) is 2. The third-order valence-electron chi connectivity index (χ3n) is 3.93. The molecular formula is C20H19ClN4O2. The Morgan fingerprint density at radius 2 is 1.93 bits per heavy atom. The lowest BCUT2D eigenvalue weighted by molar-refractivity contribution is 0.102. The number of hydrogen-bond donors (Lipinski definition) is 2. The highest BCUT2D eigenvalue weighted by Gasteiger charge is 2.11. The van der Waals surface area contributed by atoms with E-state index in [1.165, 1.54) is 18.9 Å². The maximum absolute atomic E-state index is 12.5. The summed E-state index contributed by atoms with van der Waals surface area (Å²) in [6, 6.07) is 12.6. The summed E-state index contributed by atoms with van der Waals surface area (Å²) in [7, 11) is 1.53. The predicted octanol–water partition coefficient (Wildman–Crippen LogP) is 4.75. The van der Waals surface area contributed by atoms with Gasteiger partial charge < -0.3 is 15.4 Å². The fourth-order valence-corrected chi connectivity index (χ4v) is 2.82. The van der Waals surface area contributed by atoms with Crippen molar-refractivity contribution in [1.29, 1.82) is 0 Å². The first-order valence-corrected chi connectivity index (χ1v) is 8.66. The predicted molar refractivity (Wildman–Crippen MR) is 107 cm³/mol. The largest absolute Gasteiger partial charge is 0.495 e. The molecule has 0 fully saturated rings. The van der Waals surface area contributed by atoms with Crippen molar-refractivity contribution < 1.29 is 9.53 Å². The van der Waals surface area contributed by atoms with E-state index >= 15 is 0 Å². The monoisotopic (exact) mass is 382 g/mol. The summed E-state index contributed by atoms with van der Waals surface area (Å²) in [5, 5.41) is 6.32. The van der Waals surface area contributed by atoms with Crippen molar-refractivity contribution in [3.05, 3.63) is 70.5 Å². The number of rotatable bonds is 5. The van der Waals surface area contributed by atoms with Crippen LogP contribution >= 0.6 is 11.6 Å². The van der Waals surface area contributed by atoms with Crippen LogP contribution in [0.3, 0.4) is 0 Å². The first kappa shape index (κ1) is 18.7. The molecule has 0 bridgehead atoms. The summed E-state index contributed by atoms with van der Waals surface area (Å²) in [6.45, 7) is 4.03. The summed E-state index contributed by atoms with van der Waals surface area (Å²) in [4.78, 5) is 21.0. The fraction of sp³-hybridized carbons (Fsp3) is 0.150. The van der Waals surface area contributed by atoms with E-state index in [4.69, 9.17) is 16.3 Å². The molecule has 2 N–H and O–H groups in total. The summed E-state index contributed by atoms with van der Waals surface area (Å²) in [5.74, 6) is 0.529. The highest BCUT2D eigenvalue weighted by molar-refractivity contribution is 6.32. The van der Waals surface area contributed by atoms with Crippen LogP contribution in [-0.4, -0.2) is 23.0 Å². The molecule has 1 amide bonds. The van der Waals surface area contributed by atoms with Crippen LogP contribution in [0.25, 0.3) is 0 Å². The van der Waals surface area contributed by atoms with Crippen LogP contribution in [0.1, 0.15) is 21.6 Å². The average molecular weight is 383 g/mol. The summed E-state index contributed by atoms with van der Waals surface area (Å²) in [5.41, 5.74) is 3.92. The average Bonchev–Trinajstić information content (AvgIpc) is 2.64. The highest BCUT2D eigenvalue weighted by Crippen LogP contribution is 2.27. The summed E-state index contributed by atoms with van der Waals surface area (Å²) in [6.07, 6.45) is 1.54. The van der Waals surface area contributed by atoms with Gasteiger partial charge in [-0.25, -0.2) is 9.97 Å². The van der Waals surface area contributed by atoms with Gasteiger partial charge >= 0.3 is 0 Å². The van der Waals surface area contributed by atoms with Crippen molar-refractivity contribution in [1.82, 2.24) is 9.97 Å². The van der Waals surface area contributed by atoms with Gasteiger partial charge in [0.1, 0.15) is 11.4 Å². The van der Waals surface area contributed by atoms with Crippen LogP contribution in [0.2, 0.25) is 5.02 Å². The number of ether oxygens (including phenoxy) is 1. The quantitative estimate of drug-likeness (QED) is 0.665. The Hall–Kier alpha value is -3.12. The first-order chi connectivity index (χ1) is 13.0. The number of carbonyl (C=O) groups is 1. The molecule has 3 aromatic rings. The zero-order valence-electron chi connectivity index (χ0n) is 15.2. The maximum atomic E-state index is 12.5. The number of nitrogens with zero attached hydrogens (tertiary/aromatic N) is 2. The van der Waals surface area contributed by atoms with E-state index in [1.54, 1.807) is 24.3 Å². The van der Waals surface area contributed by atoms with Gasteiger partial charge in [0, 0.05) is 17.6 Å². The molecule has 0 spiro atoms. The van der Waals surface area contributed by atoms with E-state index in [-0.39, 0.29) is 11.6 Å². The molecule has 2 aromatic carbocycles. The number of benzene rings is 2. The molecule has 27 heavy (non-hydrogen) atoms. The maximum Gasteiger partial charge on any atom is 0.274 e. The van der Waals surface area contributed by atoms with Crippen LogP contribution in [0, 0.1) is 13.8 Å². The molecule has 138 valence electrons. The second-order valence-electron chi connectivity index (χ2n) is 6.01. The molecule has 0 unspecified atom stereocenters. The van der Waals surface area contributed by atoms with E-state index in [0.717, 1.165) is 11.3 Å².